The fourth-order valence-electron chi connectivity index (χ4n) is 5.12. The highest BCUT2D eigenvalue weighted by Crippen LogP contribution is 2.33. The monoisotopic (exact) mass is 438 g/mol. The molecule has 0 aliphatic heterocycles. The Labute approximate surface area is 196 Å². The minimum absolute atomic E-state index is 0.876. The second-order valence-electron chi connectivity index (χ2n) is 8.62. The predicted octanol–water partition coefficient (Wildman–Crippen LogP) is 7.34. The zero-order chi connectivity index (χ0) is 22.6. The number of imidazole rings is 1. The Morgan fingerprint density at radius 1 is 0.588 bits per heavy atom. The molecule has 0 radical (unpaired) electrons. The van der Waals surface area contributed by atoms with E-state index in [1.54, 1.807) is 0 Å². The molecule has 7 aromatic rings. The number of rotatable bonds is 3. The van der Waals surface area contributed by atoms with Crippen molar-refractivity contribution in [2.24, 2.45) is 0 Å². The lowest BCUT2D eigenvalue weighted by molar-refractivity contribution is 0.796. The van der Waals surface area contributed by atoms with Crippen LogP contribution < -0.4 is 0 Å². The molecule has 7 rings (SSSR count). The van der Waals surface area contributed by atoms with Crippen LogP contribution in [0.15, 0.2) is 103 Å². The van der Waals surface area contributed by atoms with Gasteiger partial charge in [0, 0.05) is 23.1 Å². The van der Waals surface area contributed by atoms with Gasteiger partial charge in [0.05, 0.1) is 38.8 Å². The van der Waals surface area contributed by atoms with Crippen molar-refractivity contribution in [2.75, 3.05) is 0 Å². The molecule has 0 bridgehead atoms. The quantitative estimate of drug-likeness (QED) is 0.289. The van der Waals surface area contributed by atoms with Gasteiger partial charge in [-0.3, -0.25) is 0 Å². The van der Waals surface area contributed by atoms with Gasteiger partial charge in [0.25, 0.3) is 0 Å². The molecule has 0 aliphatic carbocycles. The largest absolute Gasteiger partial charge is 0.324 e. The fraction of sp³-hybridized carbons (Fsp3) is 0.0667. The van der Waals surface area contributed by atoms with Gasteiger partial charge in [-0.2, -0.15) is 0 Å². The number of hydrogen-bond donors (Lipinski definition) is 0. The van der Waals surface area contributed by atoms with Gasteiger partial charge in [-0.25, -0.2) is 9.97 Å². The van der Waals surface area contributed by atoms with E-state index in [-0.39, 0.29) is 0 Å². The van der Waals surface area contributed by atoms with E-state index in [2.05, 4.69) is 113 Å². The van der Waals surface area contributed by atoms with Gasteiger partial charge in [0.15, 0.2) is 0 Å². The van der Waals surface area contributed by atoms with Crippen LogP contribution in [0.2, 0.25) is 0 Å². The maximum absolute atomic E-state index is 5.10. The van der Waals surface area contributed by atoms with Crippen LogP contribution in [-0.4, -0.2) is 18.9 Å². The molecule has 0 aliphatic rings. The summed E-state index contributed by atoms with van der Waals surface area (Å²) in [6.07, 6.45) is 0. The van der Waals surface area contributed by atoms with Crippen molar-refractivity contribution in [1.29, 1.82) is 0 Å². The molecular weight excluding hydrogens is 416 g/mol. The molecule has 0 saturated heterocycles. The summed E-state index contributed by atoms with van der Waals surface area (Å²) in [4.78, 5) is 10.0. The molecule has 4 heteroatoms. The summed E-state index contributed by atoms with van der Waals surface area (Å²) in [6.45, 7) is 3.04. The summed E-state index contributed by atoms with van der Waals surface area (Å²) in [5.74, 6) is 1.00. The van der Waals surface area contributed by atoms with Crippen molar-refractivity contribution in [3.8, 4) is 22.6 Å². The Bertz CT molecular complexity index is 1840. The van der Waals surface area contributed by atoms with Gasteiger partial charge < -0.3 is 8.97 Å². The van der Waals surface area contributed by atoms with Crippen LogP contribution in [0.4, 0.5) is 0 Å². The van der Waals surface area contributed by atoms with E-state index in [1.165, 1.54) is 16.4 Å². The number of nitrogens with zero attached hydrogens (tertiary/aromatic N) is 4. The summed E-state index contributed by atoms with van der Waals surface area (Å²) < 4.78 is 4.61. The van der Waals surface area contributed by atoms with Crippen LogP contribution in [0, 0.1) is 0 Å². The first kappa shape index (κ1) is 19.1. The first-order valence-corrected chi connectivity index (χ1v) is 11.7. The number of para-hydroxylation sites is 5. The van der Waals surface area contributed by atoms with Crippen molar-refractivity contribution in [3.63, 3.8) is 0 Å². The van der Waals surface area contributed by atoms with Crippen LogP contribution in [0.1, 0.15) is 6.92 Å². The van der Waals surface area contributed by atoms with Gasteiger partial charge in [-0.15, -0.1) is 0 Å². The van der Waals surface area contributed by atoms with E-state index in [0.29, 0.717) is 0 Å². The Balaban J connectivity index is 1.44. The number of aryl methyl sites for hydroxylation is 1. The zero-order valence-corrected chi connectivity index (χ0v) is 18.8. The van der Waals surface area contributed by atoms with E-state index in [1.807, 2.05) is 6.07 Å². The van der Waals surface area contributed by atoms with Gasteiger partial charge in [-0.05, 0) is 43.3 Å². The number of hydrogen-bond acceptors (Lipinski definition) is 2. The SMILES string of the molecule is CCn1c(-c2ccc(-c3nc4ccccc4n4c3cc3ccccc34)cc2)nc2ccccc21. The van der Waals surface area contributed by atoms with Crippen molar-refractivity contribution in [1.82, 2.24) is 18.9 Å². The lowest BCUT2D eigenvalue weighted by Gasteiger charge is -2.11. The van der Waals surface area contributed by atoms with Crippen LogP contribution in [-0.2, 0) is 6.54 Å². The third-order valence-corrected chi connectivity index (χ3v) is 6.70. The topological polar surface area (TPSA) is 35.1 Å². The predicted molar refractivity (Wildman–Crippen MR) is 140 cm³/mol. The summed E-state index contributed by atoms with van der Waals surface area (Å²) in [5.41, 5.74) is 9.83. The summed E-state index contributed by atoms with van der Waals surface area (Å²) in [6, 6.07) is 36.1. The minimum atomic E-state index is 0.876. The summed E-state index contributed by atoms with van der Waals surface area (Å²) in [7, 11) is 0. The van der Waals surface area contributed by atoms with E-state index >= 15 is 0 Å². The first-order valence-electron chi connectivity index (χ1n) is 11.7. The maximum Gasteiger partial charge on any atom is 0.141 e. The lowest BCUT2D eigenvalue weighted by atomic mass is 10.1. The Kier molecular flexibility index (Phi) is 4.09. The highest BCUT2D eigenvalue weighted by Gasteiger charge is 2.15. The van der Waals surface area contributed by atoms with Gasteiger partial charge >= 0.3 is 0 Å². The van der Waals surface area contributed by atoms with Crippen LogP contribution in [0.5, 0.6) is 0 Å². The molecule has 0 atom stereocenters. The third kappa shape index (κ3) is 2.72. The maximum atomic E-state index is 5.10. The Hall–Kier alpha value is -4.44. The molecule has 0 unspecified atom stereocenters. The smallest absolute Gasteiger partial charge is 0.141 e. The molecule has 0 fully saturated rings. The zero-order valence-electron chi connectivity index (χ0n) is 18.8. The second-order valence-corrected chi connectivity index (χ2v) is 8.62. The molecule has 0 saturated carbocycles. The standard InChI is InChI=1S/C30H22N4/c1-2-33-26-13-7-4-10-23(26)32-30(33)21-17-15-20(16-18-21)29-28-19-22-9-3-6-12-25(22)34(28)27-14-8-5-11-24(27)31-29/h3-19H,2H2,1H3. The molecule has 3 aromatic heterocycles. The Morgan fingerprint density at radius 3 is 1.97 bits per heavy atom. The van der Waals surface area contributed by atoms with Crippen molar-refractivity contribution >= 4 is 38.5 Å². The molecule has 0 N–H and O–H groups in total. The van der Waals surface area contributed by atoms with Crippen molar-refractivity contribution in [3.05, 3.63) is 103 Å². The van der Waals surface area contributed by atoms with Crippen molar-refractivity contribution in [2.45, 2.75) is 13.5 Å². The van der Waals surface area contributed by atoms with Crippen molar-refractivity contribution < 1.29 is 0 Å². The fourth-order valence-corrected chi connectivity index (χ4v) is 5.12. The third-order valence-electron chi connectivity index (χ3n) is 6.70. The molecule has 3 heterocycles. The van der Waals surface area contributed by atoms with Crippen LogP contribution in [0.25, 0.3) is 61.1 Å². The summed E-state index contributed by atoms with van der Waals surface area (Å²) >= 11 is 0. The molecule has 0 spiro atoms. The highest BCUT2D eigenvalue weighted by atomic mass is 15.1. The van der Waals surface area contributed by atoms with E-state index in [0.717, 1.165) is 51.3 Å². The van der Waals surface area contributed by atoms with E-state index < -0.39 is 0 Å². The van der Waals surface area contributed by atoms with Crippen LogP contribution >= 0.6 is 0 Å². The number of fused-ring (bicyclic) bond motifs is 6. The second kappa shape index (κ2) is 7.29. The molecule has 34 heavy (non-hydrogen) atoms. The molecule has 0 amide bonds. The average Bonchev–Trinajstić information content (AvgIpc) is 3.47. The highest BCUT2D eigenvalue weighted by molar-refractivity contribution is 5.98. The average molecular weight is 439 g/mol. The number of aromatic nitrogens is 4. The number of benzene rings is 4. The van der Waals surface area contributed by atoms with Crippen LogP contribution in [0.3, 0.4) is 0 Å². The molecule has 4 nitrogen and oxygen atoms in total. The Morgan fingerprint density at radius 2 is 1.21 bits per heavy atom. The van der Waals surface area contributed by atoms with Gasteiger partial charge in [-0.1, -0.05) is 66.7 Å². The van der Waals surface area contributed by atoms with Gasteiger partial charge in [0.2, 0.25) is 0 Å². The van der Waals surface area contributed by atoms with Gasteiger partial charge in [0.1, 0.15) is 5.82 Å². The summed E-state index contributed by atoms with van der Waals surface area (Å²) in [5, 5.41) is 1.22. The molecule has 4 aromatic carbocycles. The molecule has 162 valence electrons. The normalized spacial score (nSPS) is 11.8. The van der Waals surface area contributed by atoms with E-state index in [4.69, 9.17) is 9.97 Å². The van der Waals surface area contributed by atoms with E-state index in [9.17, 15) is 0 Å². The molecular formula is C30H22N4. The lowest BCUT2D eigenvalue weighted by Crippen LogP contribution is -1.98. The minimum Gasteiger partial charge on any atom is -0.324 e. The first-order chi connectivity index (χ1) is 16.8.